The first-order chi connectivity index (χ1) is 8.78. The van der Waals surface area contributed by atoms with Crippen LogP contribution in [-0.2, 0) is 14.3 Å². The Hall–Kier alpha value is -1.24. The molecule has 0 aliphatic heterocycles. The number of hydrazone groups is 1. The van der Waals surface area contributed by atoms with Crippen molar-refractivity contribution in [2.45, 2.75) is 33.6 Å². The molecule has 0 aromatic carbocycles. The minimum atomic E-state index is -0.611. The molecule has 0 saturated heterocycles. The molecule has 0 heterocycles. The van der Waals surface area contributed by atoms with Crippen molar-refractivity contribution in [2.75, 3.05) is 20.0 Å². The molecule has 0 aromatic heterocycles. The van der Waals surface area contributed by atoms with Crippen molar-refractivity contribution in [3.63, 3.8) is 0 Å². The van der Waals surface area contributed by atoms with E-state index in [1.807, 2.05) is 0 Å². The molecule has 0 unspecified atom stereocenters. The Kier molecular flexibility index (Phi) is 8.22. The number of methoxy groups -OCH3 is 2. The molecule has 6 nitrogen and oxygen atoms in total. The highest BCUT2D eigenvalue weighted by atomic mass is 32.2. The Morgan fingerprint density at radius 3 is 2.32 bits per heavy atom. The predicted molar refractivity (Wildman–Crippen MR) is 76.1 cm³/mol. The Balaban J connectivity index is 4.41. The highest BCUT2D eigenvalue weighted by molar-refractivity contribution is 8.13. The van der Waals surface area contributed by atoms with Gasteiger partial charge in [0.15, 0.2) is 0 Å². The van der Waals surface area contributed by atoms with Gasteiger partial charge in [-0.25, -0.2) is 10.2 Å². The number of nitrogens with zero attached hydrogens (tertiary/aromatic N) is 1. The van der Waals surface area contributed by atoms with Crippen molar-refractivity contribution < 1.29 is 19.1 Å². The van der Waals surface area contributed by atoms with Crippen LogP contribution in [0.1, 0.15) is 33.6 Å². The molecule has 0 rings (SSSR count). The first kappa shape index (κ1) is 17.8. The monoisotopic (exact) mass is 290 g/mol. The number of nitrogens with one attached hydrogen (secondary N) is 1. The van der Waals surface area contributed by atoms with E-state index in [1.165, 1.54) is 26.0 Å². The third-order valence-electron chi connectivity index (χ3n) is 1.94. The lowest BCUT2D eigenvalue weighted by Gasteiger charge is -2.18. The summed E-state index contributed by atoms with van der Waals surface area (Å²) in [7, 11) is 2.63. The standard InChI is InChI=1S/C12H22N2O4S/c1-12(2,3)8-9(13-14-11(16)18-5)19-7-6-10(15)17-4/h6-8H2,1-5H3,(H,14,16)/b13-9+. The van der Waals surface area contributed by atoms with Crippen molar-refractivity contribution in [3.05, 3.63) is 0 Å². The SMILES string of the molecule is COC(=O)CCS/C(CC(C)(C)C)=N/NC(=O)OC. The molecule has 0 bridgehead atoms. The molecule has 0 aliphatic rings. The predicted octanol–water partition coefficient (Wildman–Crippen LogP) is 2.39. The fourth-order valence-corrected chi connectivity index (χ4v) is 2.23. The zero-order chi connectivity index (χ0) is 14.9. The number of hydrogen-bond donors (Lipinski definition) is 1. The molecule has 0 aromatic rings. The average Bonchev–Trinajstić information content (AvgIpc) is 2.33. The number of hydrogen-bond acceptors (Lipinski definition) is 6. The van der Waals surface area contributed by atoms with Gasteiger partial charge in [-0.15, -0.1) is 11.8 Å². The van der Waals surface area contributed by atoms with Gasteiger partial charge in [0.1, 0.15) is 0 Å². The quantitative estimate of drug-likeness (QED) is 0.364. The molecule has 0 saturated carbocycles. The fraction of sp³-hybridized carbons (Fsp3) is 0.750. The molecule has 110 valence electrons. The molecule has 0 spiro atoms. The summed E-state index contributed by atoms with van der Waals surface area (Å²) in [5, 5.41) is 4.76. The van der Waals surface area contributed by atoms with Crippen molar-refractivity contribution in [1.82, 2.24) is 5.43 Å². The minimum absolute atomic E-state index is 0.0366. The molecule has 19 heavy (non-hydrogen) atoms. The number of esters is 1. The zero-order valence-corrected chi connectivity index (χ0v) is 12.9. The maximum Gasteiger partial charge on any atom is 0.427 e. The molecule has 0 aliphatic carbocycles. The maximum atomic E-state index is 11.0. The normalized spacial score (nSPS) is 11.9. The van der Waals surface area contributed by atoms with Gasteiger partial charge in [-0.05, 0) is 5.41 Å². The number of ether oxygens (including phenoxy) is 2. The summed E-state index contributed by atoms with van der Waals surface area (Å²) in [6.07, 6.45) is 0.394. The summed E-state index contributed by atoms with van der Waals surface area (Å²) in [5.41, 5.74) is 2.33. The van der Waals surface area contributed by atoms with Gasteiger partial charge in [-0.1, -0.05) is 20.8 Å². The van der Waals surface area contributed by atoms with Gasteiger partial charge in [-0.2, -0.15) is 5.10 Å². The molecular formula is C12H22N2O4S. The van der Waals surface area contributed by atoms with Crippen LogP contribution in [0.2, 0.25) is 0 Å². The van der Waals surface area contributed by atoms with Gasteiger partial charge in [0.25, 0.3) is 0 Å². The van der Waals surface area contributed by atoms with Crippen LogP contribution in [0, 0.1) is 5.41 Å². The summed E-state index contributed by atoms with van der Waals surface area (Å²) in [4.78, 5) is 22.0. The van der Waals surface area contributed by atoms with E-state index in [2.05, 4.69) is 40.8 Å². The van der Waals surface area contributed by atoms with Crippen molar-refractivity contribution in [2.24, 2.45) is 10.5 Å². The number of carbonyl (C=O) groups excluding carboxylic acids is 2. The largest absolute Gasteiger partial charge is 0.469 e. The molecule has 1 N–H and O–H groups in total. The van der Waals surface area contributed by atoms with Crippen molar-refractivity contribution in [3.8, 4) is 0 Å². The molecule has 1 amide bonds. The maximum absolute atomic E-state index is 11.0. The molecule has 0 fully saturated rings. The molecule has 0 atom stereocenters. The molecule has 0 radical (unpaired) electrons. The van der Waals surface area contributed by atoms with Gasteiger partial charge >= 0.3 is 12.1 Å². The van der Waals surface area contributed by atoms with Crippen LogP contribution in [0.25, 0.3) is 0 Å². The summed E-state index contributed by atoms with van der Waals surface area (Å²) in [5.74, 6) is 0.299. The van der Waals surface area contributed by atoms with Gasteiger partial charge < -0.3 is 9.47 Å². The van der Waals surface area contributed by atoms with Crippen molar-refractivity contribution in [1.29, 1.82) is 0 Å². The first-order valence-corrected chi connectivity index (χ1v) is 6.87. The summed E-state index contributed by atoms with van der Waals surface area (Å²) < 4.78 is 9.02. The zero-order valence-electron chi connectivity index (χ0n) is 12.1. The van der Waals surface area contributed by atoms with Crippen molar-refractivity contribution >= 4 is 28.9 Å². The topological polar surface area (TPSA) is 77.0 Å². The van der Waals surface area contributed by atoms with E-state index >= 15 is 0 Å². The second-order valence-corrected chi connectivity index (χ2v) is 6.19. The highest BCUT2D eigenvalue weighted by Crippen LogP contribution is 2.24. The van der Waals surface area contributed by atoms with Gasteiger partial charge in [0.05, 0.1) is 25.7 Å². The van der Waals surface area contributed by atoms with E-state index in [0.29, 0.717) is 18.6 Å². The van der Waals surface area contributed by atoms with Crippen LogP contribution < -0.4 is 5.43 Å². The molecule has 7 heteroatoms. The van der Waals surface area contributed by atoms with E-state index in [0.717, 1.165) is 5.04 Å². The van der Waals surface area contributed by atoms with Gasteiger partial charge in [-0.3, -0.25) is 4.79 Å². The Labute approximate surface area is 118 Å². The van der Waals surface area contributed by atoms with E-state index in [1.54, 1.807) is 0 Å². The number of amides is 1. The lowest BCUT2D eigenvalue weighted by atomic mass is 9.93. The van der Waals surface area contributed by atoms with E-state index in [4.69, 9.17) is 0 Å². The van der Waals surface area contributed by atoms with Crippen LogP contribution in [0.15, 0.2) is 5.10 Å². The number of carbonyl (C=O) groups is 2. The van der Waals surface area contributed by atoms with Crippen LogP contribution >= 0.6 is 11.8 Å². The number of rotatable bonds is 5. The Bertz CT molecular complexity index is 337. The lowest BCUT2D eigenvalue weighted by molar-refractivity contribution is -0.140. The van der Waals surface area contributed by atoms with Crippen LogP contribution in [0.5, 0.6) is 0 Å². The summed E-state index contributed by atoms with van der Waals surface area (Å²) >= 11 is 1.42. The summed E-state index contributed by atoms with van der Waals surface area (Å²) in [6, 6.07) is 0. The van der Waals surface area contributed by atoms with E-state index in [9.17, 15) is 9.59 Å². The highest BCUT2D eigenvalue weighted by Gasteiger charge is 2.16. The third-order valence-corrected chi connectivity index (χ3v) is 2.92. The van der Waals surface area contributed by atoms with E-state index in [-0.39, 0.29) is 11.4 Å². The second-order valence-electron chi connectivity index (χ2n) is 5.02. The van der Waals surface area contributed by atoms with E-state index < -0.39 is 6.09 Å². The van der Waals surface area contributed by atoms with Crippen LogP contribution in [0.3, 0.4) is 0 Å². The van der Waals surface area contributed by atoms with Crippen LogP contribution in [-0.4, -0.2) is 37.1 Å². The Morgan fingerprint density at radius 1 is 1.21 bits per heavy atom. The van der Waals surface area contributed by atoms with Crippen LogP contribution in [0.4, 0.5) is 4.79 Å². The van der Waals surface area contributed by atoms with Gasteiger partial charge in [0.2, 0.25) is 0 Å². The summed E-state index contributed by atoms with van der Waals surface area (Å²) in [6.45, 7) is 6.21. The lowest BCUT2D eigenvalue weighted by Crippen LogP contribution is -2.20. The first-order valence-electron chi connectivity index (χ1n) is 5.88. The fourth-order valence-electron chi connectivity index (χ4n) is 1.08. The minimum Gasteiger partial charge on any atom is -0.469 e. The van der Waals surface area contributed by atoms with Gasteiger partial charge in [0, 0.05) is 12.2 Å². The Morgan fingerprint density at radius 2 is 1.84 bits per heavy atom. The smallest absolute Gasteiger partial charge is 0.427 e. The second kappa shape index (κ2) is 8.79. The average molecular weight is 290 g/mol. The third kappa shape index (κ3) is 10.4. The number of thioether (sulfide) groups is 1. The molecular weight excluding hydrogens is 268 g/mol.